The molecule has 0 spiro atoms. The van der Waals surface area contributed by atoms with Crippen molar-refractivity contribution in [1.29, 1.82) is 0 Å². The van der Waals surface area contributed by atoms with E-state index in [2.05, 4.69) is 25.2 Å². The SMILES string of the molecule is Cc1cccc(OCCCOc2cccc(/C=C3/SC(=S)NC3=O)c2)c1C. The summed E-state index contributed by atoms with van der Waals surface area (Å²) in [4.78, 5) is 12.3. The summed E-state index contributed by atoms with van der Waals surface area (Å²) in [5.41, 5.74) is 3.30. The maximum absolute atomic E-state index is 11.7. The van der Waals surface area contributed by atoms with Crippen molar-refractivity contribution < 1.29 is 14.3 Å². The van der Waals surface area contributed by atoms with E-state index < -0.39 is 0 Å². The summed E-state index contributed by atoms with van der Waals surface area (Å²) >= 11 is 6.27. The van der Waals surface area contributed by atoms with Crippen LogP contribution < -0.4 is 14.8 Å². The Kier molecular flexibility index (Phi) is 6.53. The molecule has 1 aliphatic rings. The molecule has 0 bridgehead atoms. The van der Waals surface area contributed by atoms with Crippen LogP contribution in [0.15, 0.2) is 47.4 Å². The average Bonchev–Trinajstić information content (AvgIpc) is 2.95. The number of amides is 1. The number of hydrogen-bond donors (Lipinski definition) is 1. The molecule has 27 heavy (non-hydrogen) atoms. The molecular formula is C21H21NO3S2. The number of aryl methyl sites for hydroxylation is 1. The maximum atomic E-state index is 11.7. The van der Waals surface area contributed by atoms with Gasteiger partial charge in [-0.3, -0.25) is 4.79 Å². The lowest BCUT2D eigenvalue weighted by atomic mass is 10.1. The zero-order chi connectivity index (χ0) is 19.2. The Hall–Kier alpha value is -2.31. The molecule has 3 rings (SSSR count). The minimum Gasteiger partial charge on any atom is -0.493 e. The van der Waals surface area contributed by atoms with Gasteiger partial charge in [0.15, 0.2) is 0 Å². The van der Waals surface area contributed by atoms with Gasteiger partial charge in [0.1, 0.15) is 15.8 Å². The Morgan fingerprint density at radius 3 is 2.67 bits per heavy atom. The highest BCUT2D eigenvalue weighted by molar-refractivity contribution is 8.26. The van der Waals surface area contributed by atoms with Crippen LogP contribution in [0.2, 0.25) is 0 Å². The zero-order valence-corrected chi connectivity index (χ0v) is 16.9. The van der Waals surface area contributed by atoms with E-state index in [1.165, 1.54) is 22.9 Å². The van der Waals surface area contributed by atoms with E-state index in [0.29, 0.717) is 22.4 Å². The topological polar surface area (TPSA) is 47.6 Å². The Bertz CT molecular complexity index is 893. The third-order valence-corrected chi connectivity index (χ3v) is 5.33. The summed E-state index contributed by atoms with van der Waals surface area (Å²) in [6.07, 6.45) is 2.60. The summed E-state index contributed by atoms with van der Waals surface area (Å²) in [6.45, 7) is 5.30. The largest absolute Gasteiger partial charge is 0.493 e. The van der Waals surface area contributed by atoms with E-state index >= 15 is 0 Å². The van der Waals surface area contributed by atoms with Crippen LogP contribution in [0.1, 0.15) is 23.1 Å². The fraction of sp³-hybridized carbons (Fsp3) is 0.238. The first kappa shape index (κ1) is 19.5. The van der Waals surface area contributed by atoms with Gasteiger partial charge in [-0.2, -0.15) is 0 Å². The van der Waals surface area contributed by atoms with E-state index in [0.717, 1.165) is 23.5 Å². The predicted octanol–water partition coefficient (Wildman–Crippen LogP) is 4.64. The molecule has 1 aliphatic heterocycles. The van der Waals surface area contributed by atoms with Crippen LogP contribution in [0.3, 0.4) is 0 Å². The van der Waals surface area contributed by atoms with Gasteiger partial charge < -0.3 is 14.8 Å². The van der Waals surface area contributed by atoms with Gasteiger partial charge in [-0.1, -0.05) is 48.2 Å². The predicted molar refractivity (Wildman–Crippen MR) is 114 cm³/mol. The first-order valence-electron chi connectivity index (χ1n) is 8.69. The lowest BCUT2D eigenvalue weighted by Crippen LogP contribution is -2.17. The lowest BCUT2D eigenvalue weighted by Gasteiger charge is -2.11. The van der Waals surface area contributed by atoms with Crippen LogP contribution in [0.4, 0.5) is 0 Å². The standard InChI is InChI=1S/C21H21NO3S2/c1-14-6-3-9-18(15(14)2)25-11-5-10-24-17-8-4-7-16(12-17)13-19-20(23)22-21(26)27-19/h3-4,6-9,12-13H,5,10-11H2,1-2H3,(H,22,23,26)/b19-13+. The second-order valence-electron chi connectivity index (χ2n) is 6.17. The van der Waals surface area contributed by atoms with Gasteiger partial charge in [0, 0.05) is 6.42 Å². The number of ether oxygens (including phenoxy) is 2. The molecule has 1 heterocycles. The van der Waals surface area contributed by atoms with Crippen LogP contribution in [0.5, 0.6) is 11.5 Å². The second kappa shape index (κ2) is 9.06. The van der Waals surface area contributed by atoms with Crippen molar-refractivity contribution in [3.05, 3.63) is 64.1 Å². The summed E-state index contributed by atoms with van der Waals surface area (Å²) in [5, 5.41) is 2.61. The van der Waals surface area contributed by atoms with E-state index in [1.807, 2.05) is 42.5 Å². The van der Waals surface area contributed by atoms with E-state index in [1.54, 1.807) is 0 Å². The molecule has 1 fully saturated rings. The highest BCUT2D eigenvalue weighted by Gasteiger charge is 2.21. The van der Waals surface area contributed by atoms with Crippen LogP contribution in [-0.4, -0.2) is 23.4 Å². The molecule has 1 N–H and O–H groups in total. The van der Waals surface area contributed by atoms with Gasteiger partial charge in [-0.25, -0.2) is 0 Å². The molecule has 0 radical (unpaired) electrons. The summed E-state index contributed by atoms with van der Waals surface area (Å²) in [7, 11) is 0. The molecule has 6 heteroatoms. The molecule has 0 aromatic heterocycles. The van der Waals surface area contributed by atoms with Crippen LogP contribution in [0, 0.1) is 13.8 Å². The highest BCUT2D eigenvalue weighted by Crippen LogP contribution is 2.27. The smallest absolute Gasteiger partial charge is 0.263 e. The third kappa shape index (κ3) is 5.34. The fourth-order valence-corrected chi connectivity index (χ4v) is 3.62. The van der Waals surface area contributed by atoms with Gasteiger partial charge in [0.25, 0.3) is 5.91 Å². The number of benzene rings is 2. The van der Waals surface area contributed by atoms with Gasteiger partial charge in [0.05, 0.1) is 18.1 Å². The number of rotatable bonds is 7. The van der Waals surface area contributed by atoms with Crippen LogP contribution in [-0.2, 0) is 4.79 Å². The first-order chi connectivity index (χ1) is 13.0. The molecule has 2 aromatic carbocycles. The average molecular weight is 400 g/mol. The Morgan fingerprint density at radius 2 is 1.89 bits per heavy atom. The Morgan fingerprint density at radius 1 is 1.11 bits per heavy atom. The van der Waals surface area contributed by atoms with Crippen LogP contribution in [0.25, 0.3) is 6.08 Å². The monoisotopic (exact) mass is 399 g/mol. The molecule has 0 atom stereocenters. The third-order valence-electron chi connectivity index (χ3n) is 4.17. The summed E-state index contributed by atoms with van der Waals surface area (Å²) < 4.78 is 12.1. The van der Waals surface area contributed by atoms with Crippen molar-refractivity contribution in [2.24, 2.45) is 0 Å². The van der Waals surface area contributed by atoms with Crippen molar-refractivity contribution in [3.8, 4) is 11.5 Å². The second-order valence-corrected chi connectivity index (χ2v) is 7.89. The summed E-state index contributed by atoms with van der Waals surface area (Å²) in [5.74, 6) is 1.54. The number of carbonyl (C=O) groups is 1. The first-order valence-corrected chi connectivity index (χ1v) is 9.92. The minimum absolute atomic E-state index is 0.153. The molecule has 0 aliphatic carbocycles. The van der Waals surface area contributed by atoms with E-state index in [9.17, 15) is 4.79 Å². The zero-order valence-electron chi connectivity index (χ0n) is 15.3. The Balaban J connectivity index is 1.49. The molecule has 140 valence electrons. The highest BCUT2D eigenvalue weighted by atomic mass is 32.2. The van der Waals surface area contributed by atoms with Crippen LogP contribution >= 0.6 is 24.0 Å². The van der Waals surface area contributed by atoms with Gasteiger partial charge in [-0.05, 0) is 54.8 Å². The lowest BCUT2D eigenvalue weighted by molar-refractivity contribution is -0.115. The number of thiocarbonyl (C=S) groups is 1. The van der Waals surface area contributed by atoms with Gasteiger partial charge in [-0.15, -0.1) is 0 Å². The molecule has 2 aromatic rings. The van der Waals surface area contributed by atoms with Gasteiger partial charge in [0.2, 0.25) is 0 Å². The van der Waals surface area contributed by atoms with Crippen molar-refractivity contribution in [1.82, 2.24) is 5.32 Å². The summed E-state index contributed by atoms with van der Waals surface area (Å²) in [6, 6.07) is 13.7. The Labute approximate surface area is 168 Å². The minimum atomic E-state index is -0.153. The molecule has 0 unspecified atom stereocenters. The van der Waals surface area contributed by atoms with E-state index in [-0.39, 0.29) is 5.91 Å². The number of nitrogens with one attached hydrogen (secondary N) is 1. The molecule has 1 amide bonds. The van der Waals surface area contributed by atoms with Crippen molar-refractivity contribution in [2.75, 3.05) is 13.2 Å². The molecule has 0 saturated carbocycles. The number of thioether (sulfide) groups is 1. The van der Waals surface area contributed by atoms with Gasteiger partial charge >= 0.3 is 0 Å². The normalized spacial score (nSPS) is 15.1. The van der Waals surface area contributed by atoms with Crippen molar-refractivity contribution >= 4 is 40.3 Å². The molecular weight excluding hydrogens is 378 g/mol. The molecule has 1 saturated heterocycles. The van der Waals surface area contributed by atoms with Crippen molar-refractivity contribution in [2.45, 2.75) is 20.3 Å². The number of hydrogen-bond acceptors (Lipinski definition) is 5. The fourth-order valence-electron chi connectivity index (χ4n) is 2.58. The molecule has 4 nitrogen and oxygen atoms in total. The quantitative estimate of drug-likeness (QED) is 0.418. The number of carbonyl (C=O) groups excluding carboxylic acids is 1. The van der Waals surface area contributed by atoms with E-state index in [4.69, 9.17) is 21.7 Å². The maximum Gasteiger partial charge on any atom is 0.263 e. The van der Waals surface area contributed by atoms with Crippen molar-refractivity contribution in [3.63, 3.8) is 0 Å².